The fraction of sp³-hybridized carbons (Fsp3) is 0.438. The quantitative estimate of drug-likeness (QED) is 0.175. The molecule has 4 aromatic rings. The summed E-state index contributed by atoms with van der Waals surface area (Å²) < 4.78 is 11.5. The van der Waals surface area contributed by atoms with Gasteiger partial charge in [0.05, 0.1) is 25.0 Å². The molecule has 1 aliphatic rings. The molecule has 2 N–H and O–H groups in total. The Morgan fingerprint density at radius 3 is 1.64 bits per heavy atom. The molecular formula is C32H38N6O4S2. The Morgan fingerprint density at radius 2 is 1.20 bits per heavy atom. The van der Waals surface area contributed by atoms with E-state index in [0.717, 1.165) is 58.3 Å². The second-order valence-electron chi connectivity index (χ2n) is 11.5. The van der Waals surface area contributed by atoms with Gasteiger partial charge in [-0.05, 0) is 82.3 Å². The smallest absolute Gasteiger partial charge is 0.230 e. The fourth-order valence-corrected chi connectivity index (χ4v) is 7.05. The van der Waals surface area contributed by atoms with E-state index in [1.165, 1.54) is 22.7 Å². The number of ether oxygens (including phenoxy) is 2. The van der Waals surface area contributed by atoms with E-state index in [-0.39, 0.29) is 48.7 Å². The molecule has 0 radical (unpaired) electrons. The van der Waals surface area contributed by atoms with E-state index in [0.29, 0.717) is 10.3 Å². The van der Waals surface area contributed by atoms with E-state index in [4.69, 9.17) is 9.47 Å². The Balaban J connectivity index is 1.13. The van der Waals surface area contributed by atoms with Gasteiger partial charge in [0, 0.05) is 11.8 Å². The number of anilines is 2. The fourth-order valence-electron chi connectivity index (χ4n) is 5.24. The highest BCUT2D eigenvalue weighted by Crippen LogP contribution is 2.43. The Kier molecular flexibility index (Phi) is 10.5. The van der Waals surface area contributed by atoms with Crippen LogP contribution in [0.3, 0.4) is 0 Å². The summed E-state index contributed by atoms with van der Waals surface area (Å²) >= 11 is 2.86. The lowest BCUT2D eigenvalue weighted by Gasteiger charge is -2.25. The summed E-state index contributed by atoms with van der Waals surface area (Å²) in [6.07, 6.45) is 4.50. The lowest BCUT2D eigenvalue weighted by atomic mass is 9.82. The topological polar surface area (TPSA) is 128 Å². The van der Waals surface area contributed by atoms with Crippen LogP contribution in [0.25, 0.3) is 0 Å². The third-order valence-corrected chi connectivity index (χ3v) is 9.02. The molecule has 1 saturated carbocycles. The molecule has 2 aromatic heterocycles. The Labute approximate surface area is 265 Å². The summed E-state index contributed by atoms with van der Waals surface area (Å²) in [5, 5.41) is 26.0. The molecule has 1 aliphatic carbocycles. The lowest BCUT2D eigenvalue weighted by molar-refractivity contribution is -0.116. The summed E-state index contributed by atoms with van der Waals surface area (Å²) in [6.45, 7) is 7.88. The second-order valence-corrected chi connectivity index (χ2v) is 13.5. The van der Waals surface area contributed by atoms with Crippen LogP contribution in [-0.2, 0) is 22.4 Å². The van der Waals surface area contributed by atoms with Crippen molar-refractivity contribution >= 4 is 44.8 Å². The van der Waals surface area contributed by atoms with Gasteiger partial charge in [0.1, 0.15) is 21.5 Å². The van der Waals surface area contributed by atoms with Crippen LogP contribution in [0.2, 0.25) is 0 Å². The molecule has 0 bridgehead atoms. The van der Waals surface area contributed by atoms with Crippen molar-refractivity contribution in [1.82, 2.24) is 20.4 Å². The van der Waals surface area contributed by atoms with E-state index in [2.05, 4.69) is 31.0 Å². The minimum Gasteiger partial charge on any atom is -0.491 e. The van der Waals surface area contributed by atoms with Crippen LogP contribution in [-0.4, -0.2) is 44.4 Å². The van der Waals surface area contributed by atoms with Crippen LogP contribution < -0.4 is 20.1 Å². The van der Waals surface area contributed by atoms with Gasteiger partial charge in [0.25, 0.3) is 0 Å². The van der Waals surface area contributed by atoms with Crippen molar-refractivity contribution < 1.29 is 19.1 Å². The second kappa shape index (κ2) is 14.7. The van der Waals surface area contributed by atoms with E-state index in [1.807, 2.05) is 76.2 Å². The van der Waals surface area contributed by atoms with Crippen LogP contribution in [0.1, 0.15) is 86.4 Å². The zero-order chi connectivity index (χ0) is 31.1. The van der Waals surface area contributed by atoms with Crippen molar-refractivity contribution in [2.24, 2.45) is 0 Å². The lowest BCUT2D eigenvalue weighted by Crippen LogP contribution is -2.14. The van der Waals surface area contributed by atoms with Gasteiger partial charge in [0.15, 0.2) is 0 Å². The molecule has 44 heavy (non-hydrogen) atoms. The van der Waals surface area contributed by atoms with Crippen LogP contribution in [0.5, 0.6) is 11.5 Å². The van der Waals surface area contributed by atoms with Gasteiger partial charge < -0.3 is 20.1 Å². The Hall–Kier alpha value is -3.90. The first-order valence-electron chi connectivity index (χ1n) is 15.0. The predicted molar refractivity (Wildman–Crippen MR) is 173 cm³/mol. The summed E-state index contributed by atoms with van der Waals surface area (Å²) in [7, 11) is 0. The minimum atomic E-state index is -0.143. The van der Waals surface area contributed by atoms with Crippen LogP contribution in [0.4, 0.5) is 10.3 Å². The van der Waals surface area contributed by atoms with Crippen molar-refractivity contribution in [3.8, 4) is 11.5 Å². The minimum absolute atomic E-state index is 0.0671. The molecule has 2 atom stereocenters. The zero-order valence-corrected chi connectivity index (χ0v) is 27.0. The van der Waals surface area contributed by atoms with Gasteiger partial charge in [-0.1, -0.05) is 53.4 Å². The molecule has 1 fully saturated rings. The molecule has 10 nitrogen and oxygen atoms in total. The maximum Gasteiger partial charge on any atom is 0.230 e. The predicted octanol–water partition coefficient (Wildman–Crippen LogP) is 6.77. The molecular weight excluding hydrogens is 597 g/mol. The standard InChI is InChI=1S/C32H38N6O4S2/c1-19(2)41-25-12-5-8-21(14-25)16-27(39)33-31-37-35-29(43-31)23-10-7-11-24(18-23)30-36-38-32(44-30)34-28(40)17-22-9-6-13-26(15-22)42-20(3)4/h5-6,8-9,12-15,19-20,23-24H,7,10-11,16-18H2,1-4H3,(H,33,37,39)(H,34,38,40)/t23-,24-/m0/s1. The number of benzene rings is 2. The highest BCUT2D eigenvalue weighted by molar-refractivity contribution is 7.15. The number of rotatable bonds is 12. The van der Waals surface area contributed by atoms with Crippen LogP contribution >= 0.6 is 22.7 Å². The van der Waals surface area contributed by atoms with Crippen LogP contribution in [0, 0.1) is 0 Å². The first-order chi connectivity index (χ1) is 21.2. The first kappa shape index (κ1) is 31.5. The first-order valence-corrected chi connectivity index (χ1v) is 16.6. The van der Waals surface area contributed by atoms with Gasteiger partial charge in [-0.25, -0.2) is 0 Å². The number of nitrogens with zero attached hydrogens (tertiary/aromatic N) is 4. The van der Waals surface area contributed by atoms with Crippen molar-refractivity contribution in [2.45, 2.75) is 90.3 Å². The van der Waals surface area contributed by atoms with Crippen molar-refractivity contribution in [1.29, 1.82) is 0 Å². The normalized spacial score (nSPS) is 16.6. The third-order valence-electron chi connectivity index (χ3n) is 7.02. The molecule has 232 valence electrons. The van der Waals surface area contributed by atoms with Crippen LogP contribution in [0.15, 0.2) is 48.5 Å². The zero-order valence-electron chi connectivity index (χ0n) is 25.4. The maximum absolute atomic E-state index is 12.7. The number of hydrogen-bond acceptors (Lipinski definition) is 10. The number of aromatic nitrogens is 4. The number of nitrogens with one attached hydrogen (secondary N) is 2. The van der Waals surface area contributed by atoms with Gasteiger partial charge in [0.2, 0.25) is 22.1 Å². The maximum atomic E-state index is 12.7. The largest absolute Gasteiger partial charge is 0.491 e. The van der Waals surface area contributed by atoms with E-state index >= 15 is 0 Å². The molecule has 5 rings (SSSR count). The van der Waals surface area contributed by atoms with Crippen molar-refractivity contribution in [3.05, 3.63) is 69.7 Å². The highest BCUT2D eigenvalue weighted by Gasteiger charge is 2.29. The molecule has 2 heterocycles. The van der Waals surface area contributed by atoms with E-state index in [9.17, 15) is 9.59 Å². The Bertz CT molecular complexity index is 1460. The molecule has 0 spiro atoms. The summed E-state index contributed by atoms with van der Waals surface area (Å²) in [5.41, 5.74) is 1.75. The average molecular weight is 635 g/mol. The highest BCUT2D eigenvalue weighted by atomic mass is 32.1. The summed E-state index contributed by atoms with van der Waals surface area (Å²) in [6, 6.07) is 15.2. The molecule has 0 saturated heterocycles. The molecule has 0 aliphatic heterocycles. The van der Waals surface area contributed by atoms with Crippen molar-refractivity contribution in [2.75, 3.05) is 10.6 Å². The summed E-state index contributed by atoms with van der Waals surface area (Å²) in [4.78, 5) is 25.4. The number of carbonyl (C=O) groups is 2. The van der Waals surface area contributed by atoms with Gasteiger partial charge in [-0.15, -0.1) is 20.4 Å². The number of hydrogen-bond donors (Lipinski definition) is 2. The molecule has 12 heteroatoms. The Morgan fingerprint density at radius 1 is 0.750 bits per heavy atom. The van der Waals surface area contributed by atoms with E-state index < -0.39 is 0 Å². The van der Waals surface area contributed by atoms with Crippen molar-refractivity contribution in [3.63, 3.8) is 0 Å². The molecule has 2 amide bonds. The van der Waals surface area contributed by atoms with Gasteiger partial charge in [-0.3, -0.25) is 9.59 Å². The SMILES string of the molecule is CC(C)Oc1cccc(CC(=O)Nc2nnc([C@H]3CCC[C@H](c4nnc(NC(=O)Cc5cccc(OC(C)C)c5)s4)C3)s2)c1. The average Bonchev–Trinajstić information content (AvgIpc) is 3.63. The third kappa shape index (κ3) is 9.06. The molecule has 2 aromatic carbocycles. The van der Waals surface area contributed by atoms with Gasteiger partial charge in [-0.2, -0.15) is 0 Å². The number of amides is 2. The monoisotopic (exact) mass is 634 g/mol. The van der Waals surface area contributed by atoms with Gasteiger partial charge >= 0.3 is 0 Å². The van der Waals surface area contributed by atoms with E-state index in [1.54, 1.807) is 0 Å². The molecule has 0 unspecified atom stereocenters. The number of carbonyl (C=O) groups excluding carboxylic acids is 2. The summed E-state index contributed by atoms with van der Waals surface area (Å²) in [5.74, 6) is 1.66.